The Labute approximate surface area is 143 Å². The highest BCUT2D eigenvalue weighted by molar-refractivity contribution is 6.17. The third-order valence-electron chi connectivity index (χ3n) is 3.62. The number of carbonyl (C=O) groups is 2. The number of anilines is 1. The number of carboxylic acids is 1. The van der Waals surface area contributed by atoms with Crippen molar-refractivity contribution in [2.75, 3.05) is 5.32 Å². The first kappa shape index (κ1) is 16.1. The van der Waals surface area contributed by atoms with Gasteiger partial charge < -0.3 is 10.4 Å². The number of nitrogens with one attached hydrogen (secondary N) is 1. The number of hydrogen-bond donors (Lipinski definition) is 2. The summed E-state index contributed by atoms with van der Waals surface area (Å²) in [5.74, 6) is -1.27. The van der Waals surface area contributed by atoms with Gasteiger partial charge in [0.05, 0.1) is 35.1 Å². The van der Waals surface area contributed by atoms with Crippen molar-refractivity contribution in [1.29, 1.82) is 5.26 Å². The molecule has 25 heavy (non-hydrogen) atoms. The number of rotatable bonds is 3. The highest BCUT2D eigenvalue weighted by Gasteiger charge is 2.17. The van der Waals surface area contributed by atoms with E-state index >= 15 is 0 Å². The molecule has 0 fully saturated rings. The number of fused-ring (bicyclic) bond motifs is 1. The maximum absolute atomic E-state index is 12.2. The zero-order valence-electron chi connectivity index (χ0n) is 13.1. The van der Waals surface area contributed by atoms with E-state index in [0.717, 1.165) is 11.6 Å². The minimum atomic E-state index is -1.04. The van der Waals surface area contributed by atoms with Gasteiger partial charge in [-0.25, -0.2) is 4.79 Å². The molecule has 0 atom stereocenters. The number of aliphatic imine (C=N–C) groups is 1. The molecule has 2 aromatic rings. The van der Waals surface area contributed by atoms with Crippen LogP contribution in [0, 0.1) is 11.3 Å². The summed E-state index contributed by atoms with van der Waals surface area (Å²) in [5.41, 5.74) is 3.53. The summed E-state index contributed by atoms with van der Waals surface area (Å²) < 4.78 is 0. The van der Waals surface area contributed by atoms with Crippen molar-refractivity contribution in [1.82, 2.24) is 0 Å². The number of aliphatic carboxylic acids is 1. The maximum atomic E-state index is 12.2. The lowest BCUT2D eigenvalue weighted by atomic mass is 10.0. The second kappa shape index (κ2) is 6.81. The van der Waals surface area contributed by atoms with Crippen LogP contribution < -0.4 is 5.32 Å². The number of nitriles is 1. The molecule has 2 N–H and O–H groups in total. The molecule has 0 spiro atoms. The second-order valence-electron chi connectivity index (χ2n) is 5.42. The van der Waals surface area contributed by atoms with Gasteiger partial charge in [0.15, 0.2) is 0 Å². The molecule has 0 radical (unpaired) electrons. The van der Waals surface area contributed by atoms with E-state index in [4.69, 9.17) is 10.4 Å². The smallest absolute Gasteiger partial charge is 0.328 e. The topological polar surface area (TPSA) is 103 Å². The molecule has 6 nitrogen and oxygen atoms in total. The van der Waals surface area contributed by atoms with Crippen molar-refractivity contribution in [2.45, 2.75) is 6.42 Å². The largest absolute Gasteiger partial charge is 0.478 e. The fourth-order valence-corrected chi connectivity index (χ4v) is 2.49. The van der Waals surface area contributed by atoms with E-state index in [0.29, 0.717) is 28.2 Å². The first-order valence-corrected chi connectivity index (χ1v) is 7.48. The number of carboxylic acid groups (broad SMARTS) is 1. The summed E-state index contributed by atoms with van der Waals surface area (Å²) in [6.45, 7) is 0. The average Bonchev–Trinajstić information content (AvgIpc) is 2.77. The predicted octanol–water partition coefficient (Wildman–Crippen LogP) is 3.12. The Bertz CT molecular complexity index is 968. The lowest BCUT2D eigenvalue weighted by Crippen LogP contribution is -2.15. The molecule has 0 aromatic heterocycles. The summed E-state index contributed by atoms with van der Waals surface area (Å²) in [6, 6.07) is 14.1. The molecule has 0 saturated carbocycles. The first-order chi connectivity index (χ1) is 12.0. The maximum Gasteiger partial charge on any atom is 0.328 e. The molecular weight excluding hydrogens is 318 g/mol. The molecular formula is C19H13N3O3. The lowest BCUT2D eigenvalue weighted by Gasteiger charge is -2.05. The van der Waals surface area contributed by atoms with Crippen LogP contribution in [0.1, 0.15) is 23.1 Å². The Kier molecular flexibility index (Phi) is 4.40. The third-order valence-corrected chi connectivity index (χ3v) is 3.62. The first-order valence-electron chi connectivity index (χ1n) is 7.48. The van der Waals surface area contributed by atoms with Gasteiger partial charge in [0, 0.05) is 6.08 Å². The molecule has 1 amide bonds. The van der Waals surface area contributed by atoms with Crippen LogP contribution in [0.3, 0.4) is 0 Å². The summed E-state index contributed by atoms with van der Waals surface area (Å²) in [7, 11) is 0. The summed E-state index contributed by atoms with van der Waals surface area (Å²) in [5, 5.41) is 20.5. The van der Waals surface area contributed by atoms with Gasteiger partial charge in [-0.1, -0.05) is 18.2 Å². The quantitative estimate of drug-likeness (QED) is 0.843. The molecule has 1 aliphatic heterocycles. The molecule has 122 valence electrons. The normalized spacial score (nSPS) is 13.4. The minimum absolute atomic E-state index is 0.0872. The molecule has 1 aliphatic rings. The number of hydrogen-bond acceptors (Lipinski definition) is 4. The van der Waals surface area contributed by atoms with Gasteiger partial charge in [-0.2, -0.15) is 5.26 Å². The molecule has 0 bridgehead atoms. The van der Waals surface area contributed by atoms with Gasteiger partial charge in [0.25, 0.3) is 0 Å². The van der Waals surface area contributed by atoms with E-state index < -0.39 is 5.97 Å². The molecule has 3 rings (SSSR count). The van der Waals surface area contributed by atoms with Gasteiger partial charge in [0.2, 0.25) is 5.91 Å². The highest BCUT2D eigenvalue weighted by Crippen LogP contribution is 2.30. The Morgan fingerprint density at radius 3 is 2.88 bits per heavy atom. The summed E-state index contributed by atoms with van der Waals surface area (Å²) in [4.78, 5) is 27.4. The van der Waals surface area contributed by atoms with Crippen molar-refractivity contribution in [3.05, 3.63) is 65.2 Å². The zero-order valence-corrected chi connectivity index (χ0v) is 13.1. The van der Waals surface area contributed by atoms with Crippen LogP contribution in [0.15, 0.2) is 53.5 Å². The number of benzene rings is 2. The molecule has 0 aliphatic carbocycles. The van der Waals surface area contributed by atoms with E-state index in [1.54, 1.807) is 36.4 Å². The Morgan fingerprint density at radius 2 is 2.12 bits per heavy atom. The van der Waals surface area contributed by atoms with Crippen LogP contribution in [-0.4, -0.2) is 22.7 Å². The fourth-order valence-electron chi connectivity index (χ4n) is 2.49. The van der Waals surface area contributed by atoms with Gasteiger partial charge in [-0.3, -0.25) is 9.79 Å². The molecule has 0 unspecified atom stereocenters. The van der Waals surface area contributed by atoms with E-state index in [-0.39, 0.29) is 12.3 Å². The van der Waals surface area contributed by atoms with Crippen LogP contribution in [-0.2, 0) is 9.59 Å². The van der Waals surface area contributed by atoms with Gasteiger partial charge in [-0.15, -0.1) is 0 Å². The summed E-state index contributed by atoms with van der Waals surface area (Å²) >= 11 is 0. The van der Waals surface area contributed by atoms with Gasteiger partial charge >= 0.3 is 5.97 Å². The average molecular weight is 331 g/mol. The highest BCUT2D eigenvalue weighted by atomic mass is 16.4. The monoisotopic (exact) mass is 331 g/mol. The number of amides is 1. The third kappa shape index (κ3) is 3.79. The lowest BCUT2D eigenvalue weighted by molar-refractivity contribution is -0.131. The Morgan fingerprint density at radius 1 is 1.28 bits per heavy atom. The van der Waals surface area contributed by atoms with E-state index in [2.05, 4.69) is 16.4 Å². The standard InChI is InChI=1S/C19H13N3O3/c20-11-13-2-1-3-14(8-13)16-10-18(23)22-17-9-12(5-7-19(24)25)4-6-15(17)21-16/h1-9H,10H2,(H,22,23)(H,24,25)/b7-5+. The Balaban J connectivity index is 2.02. The van der Waals surface area contributed by atoms with Gasteiger partial charge in [-0.05, 0) is 41.5 Å². The van der Waals surface area contributed by atoms with E-state index in [1.165, 1.54) is 6.08 Å². The van der Waals surface area contributed by atoms with Crippen LogP contribution in [0.25, 0.3) is 6.08 Å². The van der Waals surface area contributed by atoms with Crippen LogP contribution in [0.5, 0.6) is 0 Å². The van der Waals surface area contributed by atoms with Gasteiger partial charge in [0.1, 0.15) is 0 Å². The number of carbonyl (C=O) groups excluding carboxylic acids is 1. The van der Waals surface area contributed by atoms with Crippen LogP contribution in [0.2, 0.25) is 0 Å². The van der Waals surface area contributed by atoms with Crippen molar-refractivity contribution >= 4 is 35.0 Å². The number of nitrogens with zero attached hydrogens (tertiary/aromatic N) is 2. The van der Waals surface area contributed by atoms with Crippen LogP contribution >= 0.6 is 0 Å². The van der Waals surface area contributed by atoms with Crippen LogP contribution in [0.4, 0.5) is 11.4 Å². The SMILES string of the molecule is N#Cc1cccc(C2=Nc3ccc(/C=C/C(=O)O)cc3NC(=O)C2)c1. The molecule has 6 heteroatoms. The van der Waals surface area contributed by atoms with E-state index in [1.807, 2.05) is 6.07 Å². The van der Waals surface area contributed by atoms with Crippen molar-refractivity contribution < 1.29 is 14.7 Å². The molecule has 0 saturated heterocycles. The van der Waals surface area contributed by atoms with Crippen molar-refractivity contribution in [3.8, 4) is 6.07 Å². The minimum Gasteiger partial charge on any atom is -0.478 e. The predicted molar refractivity (Wildman–Crippen MR) is 93.7 cm³/mol. The molecule has 2 aromatic carbocycles. The fraction of sp³-hybridized carbons (Fsp3) is 0.0526. The second-order valence-corrected chi connectivity index (χ2v) is 5.42. The van der Waals surface area contributed by atoms with Crippen molar-refractivity contribution in [2.24, 2.45) is 4.99 Å². The van der Waals surface area contributed by atoms with Crippen molar-refractivity contribution in [3.63, 3.8) is 0 Å². The summed E-state index contributed by atoms with van der Waals surface area (Å²) in [6.07, 6.45) is 2.56. The van der Waals surface area contributed by atoms with E-state index in [9.17, 15) is 9.59 Å². The zero-order chi connectivity index (χ0) is 17.8. The molecule has 1 heterocycles. The Hall–Kier alpha value is -3.72.